The molecule has 0 spiro atoms. The molecule has 0 saturated carbocycles. The smallest absolute Gasteiger partial charge is 0.237 e. The summed E-state index contributed by atoms with van der Waals surface area (Å²) in [5, 5.41) is 9.20. The van der Waals surface area contributed by atoms with Crippen LogP contribution in [-0.4, -0.2) is 52.9 Å². The van der Waals surface area contributed by atoms with Crippen molar-refractivity contribution in [3.63, 3.8) is 0 Å². The highest BCUT2D eigenvalue weighted by Gasteiger charge is 2.31. The van der Waals surface area contributed by atoms with Gasteiger partial charge in [0.2, 0.25) is 5.91 Å². The van der Waals surface area contributed by atoms with Crippen molar-refractivity contribution >= 4 is 17.0 Å². The molecule has 1 aromatic carbocycles. The number of benzene rings is 1. The average Bonchev–Trinajstić information content (AvgIpc) is 3.05. The SMILES string of the molecule is CN(C(=O)CN1CCCC(c2nc3ccccc3o2)C1)C(C)(C)C#N. The van der Waals surface area contributed by atoms with Gasteiger partial charge in [0.05, 0.1) is 12.6 Å². The van der Waals surface area contributed by atoms with Crippen LogP contribution >= 0.6 is 0 Å². The Morgan fingerprint density at radius 1 is 1.48 bits per heavy atom. The second-order valence-corrected chi connectivity index (χ2v) is 7.22. The highest BCUT2D eigenvalue weighted by Crippen LogP contribution is 2.29. The second kappa shape index (κ2) is 6.85. The van der Waals surface area contributed by atoms with E-state index in [4.69, 9.17) is 4.42 Å². The van der Waals surface area contributed by atoms with Gasteiger partial charge in [-0.25, -0.2) is 4.98 Å². The molecule has 1 amide bonds. The first-order valence-corrected chi connectivity index (χ1v) is 8.66. The number of oxazole rings is 1. The number of hydrogen-bond acceptors (Lipinski definition) is 5. The Morgan fingerprint density at radius 2 is 2.24 bits per heavy atom. The highest BCUT2D eigenvalue weighted by atomic mass is 16.3. The van der Waals surface area contributed by atoms with Crippen molar-refractivity contribution in [3.05, 3.63) is 30.2 Å². The molecular formula is C19H24N4O2. The molecule has 1 atom stereocenters. The summed E-state index contributed by atoms with van der Waals surface area (Å²) in [5.41, 5.74) is 0.884. The van der Waals surface area contributed by atoms with Crippen molar-refractivity contribution in [2.45, 2.75) is 38.1 Å². The number of rotatable bonds is 4. The van der Waals surface area contributed by atoms with Crippen LogP contribution in [0.15, 0.2) is 28.7 Å². The zero-order valence-corrected chi connectivity index (χ0v) is 15.0. The summed E-state index contributed by atoms with van der Waals surface area (Å²) in [4.78, 5) is 20.8. The molecule has 1 aromatic heterocycles. The average molecular weight is 340 g/mol. The normalized spacial score (nSPS) is 18.9. The first kappa shape index (κ1) is 17.4. The van der Waals surface area contributed by atoms with Crippen LogP contribution in [0.4, 0.5) is 0 Å². The lowest BCUT2D eigenvalue weighted by Gasteiger charge is -2.34. The molecule has 6 nitrogen and oxygen atoms in total. The minimum atomic E-state index is -0.799. The van der Waals surface area contributed by atoms with Crippen LogP contribution in [-0.2, 0) is 4.79 Å². The number of aromatic nitrogens is 1. The number of amides is 1. The third-order valence-electron chi connectivity index (χ3n) is 5.01. The van der Waals surface area contributed by atoms with Gasteiger partial charge >= 0.3 is 0 Å². The number of carbonyl (C=O) groups excluding carboxylic acids is 1. The van der Waals surface area contributed by atoms with E-state index < -0.39 is 5.54 Å². The fraction of sp³-hybridized carbons (Fsp3) is 0.526. The summed E-state index contributed by atoms with van der Waals surface area (Å²) in [6.45, 7) is 5.45. The maximum absolute atomic E-state index is 12.5. The topological polar surface area (TPSA) is 73.4 Å². The molecule has 132 valence electrons. The Morgan fingerprint density at radius 3 is 2.96 bits per heavy atom. The number of carbonyl (C=O) groups is 1. The van der Waals surface area contributed by atoms with Crippen LogP contribution in [0.3, 0.4) is 0 Å². The number of fused-ring (bicyclic) bond motifs is 1. The second-order valence-electron chi connectivity index (χ2n) is 7.22. The van der Waals surface area contributed by atoms with Gasteiger partial charge in [-0.05, 0) is 45.4 Å². The summed E-state index contributed by atoms with van der Waals surface area (Å²) >= 11 is 0. The maximum atomic E-state index is 12.5. The van der Waals surface area contributed by atoms with Gasteiger partial charge < -0.3 is 9.32 Å². The molecule has 25 heavy (non-hydrogen) atoms. The van der Waals surface area contributed by atoms with E-state index in [0.717, 1.165) is 42.9 Å². The van der Waals surface area contributed by atoms with Gasteiger partial charge in [0, 0.05) is 19.5 Å². The van der Waals surface area contributed by atoms with E-state index >= 15 is 0 Å². The lowest BCUT2D eigenvalue weighted by molar-refractivity contribution is -0.134. The minimum Gasteiger partial charge on any atom is -0.440 e. The fourth-order valence-electron chi connectivity index (χ4n) is 3.15. The maximum Gasteiger partial charge on any atom is 0.237 e. The van der Waals surface area contributed by atoms with Gasteiger partial charge in [0.25, 0.3) is 0 Å². The highest BCUT2D eigenvalue weighted by molar-refractivity contribution is 5.79. The van der Waals surface area contributed by atoms with Gasteiger partial charge in [-0.2, -0.15) is 5.26 Å². The van der Waals surface area contributed by atoms with Crippen molar-refractivity contribution in [2.75, 3.05) is 26.7 Å². The van der Waals surface area contributed by atoms with Crippen LogP contribution < -0.4 is 0 Å². The van der Waals surface area contributed by atoms with Gasteiger partial charge in [0.15, 0.2) is 11.5 Å². The molecule has 2 aromatic rings. The third kappa shape index (κ3) is 3.67. The molecule has 0 bridgehead atoms. The number of nitriles is 1. The van der Waals surface area contributed by atoms with Crippen molar-refractivity contribution in [1.29, 1.82) is 5.26 Å². The fourth-order valence-corrected chi connectivity index (χ4v) is 3.15. The number of likely N-dealkylation sites (N-methyl/N-ethyl adjacent to an activating group) is 1. The molecule has 0 aliphatic carbocycles. The quantitative estimate of drug-likeness (QED) is 0.855. The molecule has 0 radical (unpaired) electrons. The lowest BCUT2D eigenvalue weighted by atomic mass is 9.98. The van der Waals surface area contributed by atoms with E-state index in [1.807, 2.05) is 24.3 Å². The molecule has 6 heteroatoms. The molecule has 1 aliphatic heterocycles. The van der Waals surface area contributed by atoms with E-state index in [0.29, 0.717) is 6.54 Å². The molecule has 1 unspecified atom stereocenters. The predicted molar refractivity (Wildman–Crippen MR) is 94.9 cm³/mol. The van der Waals surface area contributed by atoms with E-state index in [-0.39, 0.29) is 11.8 Å². The van der Waals surface area contributed by atoms with Crippen LogP contribution in [0, 0.1) is 11.3 Å². The molecule has 0 N–H and O–H groups in total. The van der Waals surface area contributed by atoms with E-state index in [1.165, 1.54) is 4.90 Å². The molecule has 1 aliphatic rings. The van der Waals surface area contributed by atoms with Crippen LogP contribution in [0.5, 0.6) is 0 Å². The predicted octanol–water partition coefficient (Wildman–Crippen LogP) is 2.77. The Hall–Kier alpha value is -2.39. The van der Waals surface area contributed by atoms with Crippen molar-refractivity contribution in [3.8, 4) is 6.07 Å². The van der Waals surface area contributed by atoms with Crippen molar-refractivity contribution in [1.82, 2.24) is 14.8 Å². The molecular weight excluding hydrogens is 316 g/mol. The number of para-hydroxylation sites is 2. The lowest BCUT2D eigenvalue weighted by Crippen LogP contribution is -2.49. The summed E-state index contributed by atoms with van der Waals surface area (Å²) in [6.07, 6.45) is 2.01. The first-order valence-electron chi connectivity index (χ1n) is 8.66. The van der Waals surface area contributed by atoms with Gasteiger partial charge in [-0.15, -0.1) is 0 Å². The minimum absolute atomic E-state index is 0.0373. The third-order valence-corrected chi connectivity index (χ3v) is 5.01. The number of nitrogens with zero attached hydrogens (tertiary/aromatic N) is 4. The zero-order valence-electron chi connectivity index (χ0n) is 15.0. The summed E-state index contributed by atoms with van der Waals surface area (Å²) in [6, 6.07) is 9.94. The largest absolute Gasteiger partial charge is 0.440 e. The summed E-state index contributed by atoms with van der Waals surface area (Å²) < 4.78 is 5.90. The molecule has 1 fully saturated rings. The van der Waals surface area contributed by atoms with Crippen LogP contribution in [0.1, 0.15) is 38.5 Å². The van der Waals surface area contributed by atoms with Gasteiger partial charge in [-0.1, -0.05) is 12.1 Å². The number of hydrogen-bond donors (Lipinski definition) is 0. The Labute approximate surface area is 148 Å². The summed E-state index contributed by atoms with van der Waals surface area (Å²) in [5.74, 6) is 0.914. The monoisotopic (exact) mass is 340 g/mol. The van der Waals surface area contributed by atoms with Crippen LogP contribution in [0.2, 0.25) is 0 Å². The van der Waals surface area contributed by atoms with Gasteiger partial charge in [0.1, 0.15) is 11.1 Å². The van der Waals surface area contributed by atoms with Crippen molar-refractivity contribution in [2.24, 2.45) is 0 Å². The molecule has 3 rings (SSSR count). The first-order chi connectivity index (χ1) is 11.9. The molecule has 2 heterocycles. The zero-order chi connectivity index (χ0) is 18.0. The molecule has 1 saturated heterocycles. The Balaban J connectivity index is 1.67. The van der Waals surface area contributed by atoms with E-state index in [9.17, 15) is 10.1 Å². The Bertz CT molecular complexity index is 772. The van der Waals surface area contributed by atoms with E-state index in [2.05, 4.69) is 16.0 Å². The number of piperidine rings is 1. The van der Waals surface area contributed by atoms with Crippen LogP contribution in [0.25, 0.3) is 11.1 Å². The Kier molecular flexibility index (Phi) is 4.78. The van der Waals surface area contributed by atoms with Crippen molar-refractivity contribution < 1.29 is 9.21 Å². The summed E-state index contributed by atoms with van der Waals surface area (Å²) in [7, 11) is 1.69. The number of likely N-dealkylation sites (tertiary alicyclic amines) is 1. The van der Waals surface area contributed by atoms with E-state index in [1.54, 1.807) is 20.9 Å². The van der Waals surface area contributed by atoms with Gasteiger partial charge in [-0.3, -0.25) is 9.69 Å². The standard InChI is InChI=1S/C19H24N4O2/c1-19(2,13-20)22(3)17(24)12-23-10-6-7-14(11-23)18-21-15-8-4-5-9-16(15)25-18/h4-5,8-9,14H,6-7,10-12H2,1-3H3.